The second-order valence-electron chi connectivity index (χ2n) is 26.9. The number of ether oxygens (including phenoxy) is 3. The van der Waals surface area contributed by atoms with E-state index in [1.165, 1.54) is 43.5 Å². The van der Waals surface area contributed by atoms with Crippen LogP contribution in [0.3, 0.4) is 0 Å². The van der Waals surface area contributed by atoms with Gasteiger partial charge in [0.1, 0.15) is 90.6 Å². The molecule has 2 saturated heterocycles. The fraction of sp³-hybridized carbons (Fsp3) is 0.317. The summed E-state index contributed by atoms with van der Waals surface area (Å²) < 4.78 is 17.8. The zero-order chi connectivity index (χ0) is 70.5. The fourth-order valence-corrected chi connectivity index (χ4v) is 18.6. The van der Waals surface area contributed by atoms with Crippen LogP contribution >= 0.6 is 35.3 Å². The first-order valence-electron chi connectivity index (χ1n) is 34.8. The standard InChI is InChI=1S/C29H34N2O3S.C28H30N2O4S.C25H25NO4S.ClH/c1-30-28(20-7-12-24(13-8-20)34-18-17-31-15-3-2-4-16-31)27-25-14-11-23(33)19-26(25)35-29(27)21-5-9-22(32)10-6-21;1-29-12-14-30(15-13-29)16-17-34-23-9-4-19(5-10-23)27(33)26-24-11-8-22(32)18-25(24)35-28(26)20-2-6-21(31)7-3-20;1-26(2)13-14-30-20-10-5-16(6-11-20)24(29)23-21-12-9-19(28)15-22(21)31-25(23)17-3-7-18(27)8-4-17;/h5-14,19,27-30,32-33H,2-4,15-18H2,1H3;2-11,18,26,28,31-32H,12-17H2,1H3;3-12,15,23,25,27-28H,13-14H2,1-2H3;1H/p+2. The van der Waals surface area contributed by atoms with Gasteiger partial charge in [0.15, 0.2) is 5.78 Å². The number of rotatable bonds is 22. The highest BCUT2D eigenvalue weighted by Crippen LogP contribution is 2.60. The van der Waals surface area contributed by atoms with E-state index in [1.54, 1.807) is 112 Å². The normalized spacial score (nSPS) is 19.5. The van der Waals surface area contributed by atoms with E-state index in [1.807, 2.05) is 135 Å². The number of piperazine rings is 1. The summed E-state index contributed by atoms with van der Waals surface area (Å²) >= 11 is 4.96. The van der Waals surface area contributed by atoms with E-state index in [9.17, 15) is 40.2 Å². The summed E-state index contributed by atoms with van der Waals surface area (Å²) in [6.07, 6.45) is 4.04. The maximum Gasteiger partial charge on any atom is 0.332 e. The molecule has 0 aromatic heterocycles. The molecule has 0 spiro atoms. The molecule has 0 saturated carbocycles. The zero-order valence-electron chi connectivity index (χ0n) is 58.0. The Bertz CT molecular complexity index is 4220. The Kier molecular flexibility index (Phi) is 25.8. The Balaban J connectivity index is 0.000000153. The third kappa shape index (κ3) is 18.7. The summed E-state index contributed by atoms with van der Waals surface area (Å²) in [5, 5.41) is 62.7. The number of carbonyl (C=O) groups excluding carboxylic acids is 2. The van der Waals surface area contributed by atoms with Crippen LogP contribution in [0.25, 0.3) is 0 Å². The molecule has 0 aliphatic carbocycles. The van der Waals surface area contributed by atoms with E-state index in [0.717, 1.165) is 118 Å². The molecule has 534 valence electrons. The minimum absolute atomic E-state index is 0. The molecule has 2 fully saturated rings. The molecule has 102 heavy (non-hydrogen) atoms. The number of quaternary nitrogens is 2. The number of fused-ring (bicyclic) bond motifs is 3. The van der Waals surface area contributed by atoms with Gasteiger partial charge < -0.3 is 77.3 Å². The smallest absolute Gasteiger partial charge is 0.332 e. The van der Waals surface area contributed by atoms with Gasteiger partial charge in [0, 0.05) is 62.3 Å². The minimum atomic E-state index is -0.384. The molecule has 16 nitrogen and oxygen atoms in total. The van der Waals surface area contributed by atoms with Gasteiger partial charge in [-0.05, 0) is 220 Å². The summed E-state index contributed by atoms with van der Waals surface area (Å²) in [7, 11) is 8.16. The van der Waals surface area contributed by atoms with E-state index < -0.39 is 0 Å². The van der Waals surface area contributed by atoms with Gasteiger partial charge in [-0.1, -0.05) is 66.7 Å². The molecule has 5 aliphatic heterocycles. The third-order valence-corrected chi connectivity index (χ3v) is 23.9. The Morgan fingerprint density at radius 3 is 1.37 bits per heavy atom. The van der Waals surface area contributed by atoms with Crippen molar-refractivity contribution in [1.29, 1.82) is 0 Å². The second kappa shape index (κ2) is 35.2. The highest BCUT2D eigenvalue weighted by molar-refractivity contribution is 8.00. The number of carbonyl (C=O) groups is 1. The van der Waals surface area contributed by atoms with Gasteiger partial charge in [0.05, 0.1) is 42.9 Å². The first kappa shape index (κ1) is 74.8. The van der Waals surface area contributed by atoms with Crippen molar-refractivity contribution in [2.24, 2.45) is 0 Å². The Morgan fingerprint density at radius 1 is 0.500 bits per heavy atom. The van der Waals surface area contributed by atoms with Gasteiger partial charge in [0.2, 0.25) is 0 Å². The number of aromatic hydroxyl groups is 6. The Morgan fingerprint density at radius 2 is 0.892 bits per heavy atom. The first-order valence-corrected chi connectivity index (χ1v) is 37.5. The lowest BCUT2D eigenvalue weighted by Crippen LogP contribution is -3.15. The van der Waals surface area contributed by atoms with Crippen LogP contribution in [-0.2, 0) is 0 Å². The van der Waals surface area contributed by atoms with Crippen LogP contribution in [0, 0.1) is 0 Å². The van der Waals surface area contributed by atoms with Gasteiger partial charge in [-0.15, -0.1) is 35.3 Å². The molecule has 9 aromatic carbocycles. The summed E-state index contributed by atoms with van der Waals surface area (Å²) in [6, 6.07) is 61.3. The van der Waals surface area contributed by atoms with Crippen molar-refractivity contribution in [3.8, 4) is 51.7 Å². The number of phenols is 6. The number of halogens is 1. The highest BCUT2D eigenvalue weighted by atomic mass is 35.5. The lowest BCUT2D eigenvalue weighted by Gasteiger charge is -2.29. The number of ketones is 2. The Hall–Kier alpha value is -8.34. The topological polar surface area (TPSA) is 215 Å². The number of hydrogen-bond donors (Lipinski definition) is 9. The number of thioether (sulfide) groups is 3. The van der Waals surface area contributed by atoms with Gasteiger partial charge in [-0.2, -0.15) is 0 Å². The number of likely N-dealkylation sites (N-methyl/N-ethyl adjacent to an activating group) is 3. The molecule has 7 unspecified atom stereocenters. The maximum atomic E-state index is 13.6. The van der Waals surface area contributed by atoms with Crippen LogP contribution in [0.15, 0.2) is 215 Å². The van der Waals surface area contributed by atoms with Gasteiger partial charge >= 0.3 is 5.78 Å². The minimum Gasteiger partial charge on any atom is -1.00 e. The Labute approximate surface area is 617 Å². The van der Waals surface area contributed by atoms with Gasteiger partial charge in [-0.3, -0.25) is 14.5 Å². The van der Waals surface area contributed by atoms with Crippen LogP contribution in [-0.4, -0.2) is 164 Å². The number of nitrogens with zero attached hydrogens (tertiary/aromatic N) is 2. The van der Waals surface area contributed by atoms with E-state index in [4.69, 9.17) is 14.2 Å². The molecule has 9 aromatic rings. The number of nitrogens with one attached hydrogen (secondary N) is 3. The van der Waals surface area contributed by atoms with Crippen molar-refractivity contribution in [1.82, 2.24) is 15.1 Å². The highest BCUT2D eigenvalue weighted by Gasteiger charge is 2.45. The largest absolute Gasteiger partial charge is 1.00 e. The van der Waals surface area contributed by atoms with E-state index >= 15 is 0 Å². The predicted molar refractivity (Wildman–Crippen MR) is 402 cm³/mol. The quantitative estimate of drug-likeness (QED) is 0.0229. The van der Waals surface area contributed by atoms with Crippen molar-refractivity contribution < 1.29 is 76.6 Å². The van der Waals surface area contributed by atoms with Crippen molar-refractivity contribution in [2.45, 2.75) is 73.5 Å². The van der Waals surface area contributed by atoms with Gasteiger partial charge in [-0.25, -0.2) is 0 Å². The third-order valence-electron chi connectivity index (χ3n) is 19.7. The average molecular weight is 1460 g/mol. The summed E-state index contributed by atoms with van der Waals surface area (Å²) in [5.74, 6) is 3.62. The number of piperidine rings is 1. The lowest BCUT2D eigenvalue weighted by molar-refractivity contribution is -0.904. The van der Waals surface area contributed by atoms with E-state index in [0.29, 0.717) is 18.8 Å². The molecule has 0 radical (unpaired) electrons. The number of phenolic OH excluding ortho intramolecular Hbond substituents is 6. The van der Waals surface area contributed by atoms with E-state index in [-0.39, 0.29) is 98.0 Å². The summed E-state index contributed by atoms with van der Waals surface area (Å²) in [4.78, 5) is 35.6. The van der Waals surface area contributed by atoms with Gasteiger partial charge in [0.25, 0.3) is 0 Å². The SMILES string of the molecule is CN(C)CCOc1ccc(C(=O)C2c3ccc(O)cc3SC2c2ccc(O)cc2)cc1.CN1CC[NH+](CCOc2ccc(C(=[OH+])C3c4ccc(O)cc4SC3c3ccc(O)cc3)cc2)CC1.CNC(c1ccc(OCC[NH+]2CCCCC2)cc1)C1c2ccc(O)cc2SC1c1ccc(O)cc1.[Cl-]. The molecule has 14 rings (SSSR count). The van der Waals surface area contributed by atoms with Crippen molar-refractivity contribution in [3.63, 3.8) is 0 Å². The van der Waals surface area contributed by atoms with E-state index in [2.05, 4.69) is 41.5 Å². The number of Topliss-reactive ketones (excluding diaryl/α,β-unsaturated/α-hetero) is 1. The van der Waals surface area contributed by atoms with Crippen LogP contribution in [0.5, 0.6) is 51.7 Å². The van der Waals surface area contributed by atoms with Crippen LogP contribution in [0.2, 0.25) is 0 Å². The molecular formula is C82H92ClN5O11S3+2. The molecule has 0 amide bonds. The van der Waals surface area contributed by atoms with Crippen LogP contribution in [0.4, 0.5) is 0 Å². The first-order chi connectivity index (χ1) is 49.0. The van der Waals surface area contributed by atoms with Crippen molar-refractivity contribution >= 4 is 46.9 Å². The van der Waals surface area contributed by atoms with Crippen LogP contribution in [0.1, 0.15) is 114 Å². The van der Waals surface area contributed by atoms with Crippen LogP contribution < -0.4 is 41.7 Å². The van der Waals surface area contributed by atoms with Crippen molar-refractivity contribution in [2.75, 3.05) is 107 Å². The molecule has 5 aliphatic rings. The molecule has 5 heterocycles. The predicted octanol–water partition coefficient (Wildman–Crippen LogP) is 9.12. The molecule has 0 bridgehead atoms. The molecular weight excluding hydrogens is 1360 g/mol. The zero-order valence-corrected chi connectivity index (χ0v) is 61.2. The number of benzene rings is 9. The number of likely N-dealkylation sites (tertiary alicyclic amines) is 1. The number of hydrogen-bond acceptors (Lipinski definition) is 16. The van der Waals surface area contributed by atoms with Crippen molar-refractivity contribution in [3.05, 3.63) is 250 Å². The summed E-state index contributed by atoms with van der Waals surface area (Å²) in [6.45, 7) is 12.0. The molecule has 7 atom stereocenters. The summed E-state index contributed by atoms with van der Waals surface area (Å²) in [5.41, 5.74) is 8.83. The molecule has 20 heteroatoms. The fourth-order valence-electron chi connectivity index (χ4n) is 14.1. The molecule has 10 N–H and O–H groups in total. The lowest BCUT2D eigenvalue weighted by atomic mass is 9.82. The average Bonchev–Trinajstić information content (AvgIpc) is 1.64. The monoisotopic (exact) mass is 1450 g/mol. The second-order valence-corrected chi connectivity index (χ2v) is 30.4. The maximum absolute atomic E-state index is 13.6.